The monoisotopic (exact) mass is 475 g/mol. The summed E-state index contributed by atoms with van der Waals surface area (Å²) in [4.78, 5) is 30.9. The highest BCUT2D eigenvalue weighted by Gasteiger charge is 2.31. The largest absolute Gasteiger partial charge is 0.457 e. The number of nitrogens with zero attached hydrogens (tertiary/aromatic N) is 3. The van der Waals surface area contributed by atoms with E-state index in [4.69, 9.17) is 14.6 Å². The van der Waals surface area contributed by atoms with Crippen LogP contribution in [-0.4, -0.2) is 40.9 Å². The Hall–Kier alpha value is -3.79. The Labute approximate surface area is 194 Å². The van der Waals surface area contributed by atoms with E-state index in [0.29, 0.717) is 35.9 Å². The van der Waals surface area contributed by atoms with Gasteiger partial charge in [-0.25, -0.2) is 9.97 Å². The summed E-state index contributed by atoms with van der Waals surface area (Å²) in [6.07, 6.45) is -2.27. The van der Waals surface area contributed by atoms with Crippen molar-refractivity contribution in [2.24, 2.45) is 0 Å². The molecule has 0 bridgehead atoms. The molecule has 1 aromatic heterocycles. The lowest BCUT2D eigenvalue weighted by Gasteiger charge is -2.28. The molecule has 34 heavy (non-hydrogen) atoms. The number of amides is 1. The average Bonchev–Trinajstić information content (AvgIpc) is 2.81. The van der Waals surface area contributed by atoms with Crippen molar-refractivity contribution in [3.63, 3.8) is 0 Å². The minimum absolute atomic E-state index is 0.206. The fourth-order valence-corrected chi connectivity index (χ4v) is 3.24. The predicted octanol–water partition coefficient (Wildman–Crippen LogP) is 4.61. The van der Waals surface area contributed by atoms with Gasteiger partial charge in [0.15, 0.2) is 0 Å². The molecule has 0 saturated heterocycles. The van der Waals surface area contributed by atoms with Crippen molar-refractivity contribution < 1.29 is 32.6 Å². The first-order chi connectivity index (χ1) is 16.2. The first-order valence-electron chi connectivity index (χ1n) is 10.2. The third-order valence-electron chi connectivity index (χ3n) is 4.64. The topological polar surface area (TPSA) is 92.6 Å². The van der Waals surface area contributed by atoms with Crippen molar-refractivity contribution in [2.75, 3.05) is 18.1 Å². The number of fused-ring (bicyclic) bond motifs is 1. The van der Waals surface area contributed by atoms with E-state index < -0.39 is 11.7 Å². The summed E-state index contributed by atoms with van der Waals surface area (Å²) in [5.74, 6) is 1.62. The molecule has 7 nitrogen and oxygen atoms in total. The molecule has 3 aromatic rings. The van der Waals surface area contributed by atoms with Crippen molar-refractivity contribution in [3.05, 3.63) is 77.2 Å². The highest BCUT2D eigenvalue weighted by molar-refractivity contribution is 6.08. The van der Waals surface area contributed by atoms with Crippen LogP contribution in [0.4, 0.5) is 19.0 Å². The molecule has 0 spiro atoms. The van der Waals surface area contributed by atoms with Crippen LogP contribution in [0.25, 0.3) is 0 Å². The lowest BCUT2D eigenvalue weighted by molar-refractivity contribution is -0.137. The first-order valence-corrected chi connectivity index (χ1v) is 10.2. The number of halogens is 3. The summed E-state index contributed by atoms with van der Waals surface area (Å²) in [7, 11) is 0. The van der Waals surface area contributed by atoms with E-state index in [0.717, 1.165) is 17.7 Å². The van der Waals surface area contributed by atoms with Gasteiger partial charge in [0.2, 0.25) is 0 Å². The van der Waals surface area contributed by atoms with Gasteiger partial charge >= 0.3 is 6.18 Å². The molecule has 1 N–H and O–H groups in total. The molecule has 10 heteroatoms. The van der Waals surface area contributed by atoms with E-state index in [-0.39, 0.29) is 18.3 Å². The molecule has 2 aromatic carbocycles. The van der Waals surface area contributed by atoms with Gasteiger partial charge in [-0.2, -0.15) is 13.2 Å². The van der Waals surface area contributed by atoms with Crippen LogP contribution < -0.4 is 9.64 Å². The van der Waals surface area contributed by atoms with E-state index >= 15 is 0 Å². The summed E-state index contributed by atoms with van der Waals surface area (Å²) in [5.41, 5.74) is 0.460. The number of alkyl halides is 3. The minimum Gasteiger partial charge on any atom is -0.457 e. The number of aliphatic hydroxyl groups excluding tert-OH is 1. The number of rotatable bonds is 3. The number of carbonyl (C=O) groups excluding carboxylic acids is 2. The SMILES string of the molecule is C=O.CCO.Cc1nccc(N2CCc3c(Oc4ccc(C(F)(F)F)cc4)cccc3C2=O)n1. The number of anilines is 1. The lowest BCUT2D eigenvalue weighted by atomic mass is 9.98. The Morgan fingerprint density at radius 2 is 1.76 bits per heavy atom. The molecule has 1 aliphatic rings. The van der Waals surface area contributed by atoms with Crippen molar-refractivity contribution in [2.45, 2.75) is 26.4 Å². The van der Waals surface area contributed by atoms with Crippen molar-refractivity contribution in [3.8, 4) is 11.5 Å². The Morgan fingerprint density at radius 3 is 2.35 bits per heavy atom. The zero-order valence-electron chi connectivity index (χ0n) is 18.7. The summed E-state index contributed by atoms with van der Waals surface area (Å²) in [6.45, 7) is 6.09. The average molecular weight is 475 g/mol. The molecule has 0 fully saturated rings. The molecule has 1 aliphatic heterocycles. The van der Waals surface area contributed by atoms with Crippen LogP contribution in [0.3, 0.4) is 0 Å². The zero-order valence-corrected chi connectivity index (χ0v) is 18.7. The maximum Gasteiger partial charge on any atom is 0.416 e. The second kappa shape index (κ2) is 11.9. The number of benzene rings is 2. The van der Waals surface area contributed by atoms with E-state index in [1.807, 2.05) is 6.79 Å². The zero-order chi connectivity index (χ0) is 25.3. The van der Waals surface area contributed by atoms with Crippen LogP contribution >= 0.6 is 0 Å². The number of aliphatic hydroxyl groups is 1. The number of carbonyl (C=O) groups is 2. The number of aryl methyl sites for hydroxylation is 1. The molecular weight excluding hydrogens is 451 g/mol. The van der Waals surface area contributed by atoms with Crippen LogP contribution in [0.15, 0.2) is 54.7 Å². The highest BCUT2D eigenvalue weighted by atomic mass is 19.4. The van der Waals surface area contributed by atoms with Gasteiger partial charge in [-0.05, 0) is 62.7 Å². The second-order valence-corrected chi connectivity index (χ2v) is 6.89. The Kier molecular flexibility index (Phi) is 9.26. The molecule has 0 radical (unpaired) electrons. The van der Waals surface area contributed by atoms with Crippen LogP contribution in [0, 0.1) is 6.92 Å². The number of aromatic nitrogens is 2. The van der Waals surface area contributed by atoms with Gasteiger partial charge in [0.05, 0.1) is 5.56 Å². The number of hydrogen-bond donors (Lipinski definition) is 1. The molecule has 0 unspecified atom stereocenters. The van der Waals surface area contributed by atoms with Crippen molar-refractivity contribution in [1.82, 2.24) is 9.97 Å². The summed E-state index contributed by atoms with van der Waals surface area (Å²) in [6, 6.07) is 11.2. The second-order valence-electron chi connectivity index (χ2n) is 6.89. The maximum absolute atomic E-state index is 13.0. The molecule has 2 heterocycles. The third kappa shape index (κ3) is 6.38. The normalized spacial score (nSPS) is 12.5. The van der Waals surface area contributed by atoms with Crippen molar-refractivity contribution in [1.29, 1.82) is 0 Å². The summed E-state index contributed by atoms with van der Waals surface area (Å²) in [5, 5.41) is 7.57. The molecular formula is C24H24F3N3O4. The predicted molar refractivity (Wildman–Crippen MR) is 120 cm³/mol. The number of hydrogen-bond acceptors (Lipinski definition) is 6. The highest BCUT2D eigenvalue weighted by Crippen LogP contribution is 2.34. The fourth-order valence-electron chi connectivity index (χ4n) is 3.24. The summed E-state index contributed by atoms with van der Waals surface area (Å²) < 4.78 is 44.0. The quantitative estimate of drug-likeness (QED) is 0.595. The smallest absolute Gasteiger partial charge is 0.416 e. The Bertz CT molecular complexity index is 1110. The van der Waals surface area contributed by atoms with E-state index in [2.05, 4.69) is 9.97 Å². The van der Waals surface area contributed by atoms with Gasteiger partial charge in [0.25, 0.3) is 5.91 Å². The van der Waals surface area contributed by atoms with E-state index in [1.165, 1.54) is 12.1 Å². The Morgan fingerprint density at radius 1 is 1.12 bits per heavy atom. The van der Waals surface area contributed by atoms with Crippen LogP contribution in [-0.2, 0) is 17.4 Å². The molecule has 0 aliphatic carbocycles. The van der Waals surface area contributed by atoms with Crippen LogP contribution in [0.5, 0.6) is 11.5 Å². The van der Waals surface area contributed by atoms with Crippen molar-refractivity contribution >= 4 is 18.5 Å². The molecule has 180 valence electrons. The van der Waals surface area contributed by atoms with E-state index in [1.54, 1.807) is 49.2 Å². The lowest BCUT2D eigenvalue weighted by Crippen LogP contribution is -2.38. The molecule has 1 amide bonds. The Balaban J connectivity index is 0.000000758. The van der Waals surface area contributed by atoms with Crippen LogP contribution in [0.2, 0.25) is 0 Å². The van der Waals surface area contributed by atoms with Gasteiger partial charge in [0, 0.05) is 30.5 Å². The third-order valence-corrected chi connectivity index (χ3v) is 4.64. The van der Waals surface area contributed by atoms with Gasteiger partial charge in [-0.3, -0.25) is 9.69 Å². The molecule has 0 atom stereocenters. The molecule has 4 rings (SSSR count). The van der Waals surface area contributed by atoms with Gasteiger partial charge in [0.1, 0.15) is 29.9 Å². The molecule has 0 saturated carbocycles. The maximum atomic E-state index is 13.0. The van der Waals surface area contributed by atoms with Gasteiger partial charge in [-0.15, -0.1) is 0 Å². The standard InChI is InChI=1S/C21H16F3N3O2.C2H6O.CH2O/c1-13-25-11-9-19(26-13)27-12-10-16-17(20(27)28)3-2-4-18(16)29-15-7-5-14(6-8-15)21(22,23)24;1-2-3;1-2/h2-9,11H,10,12H2,1H3;3H,2H2,1H3;1H2. The number of ether oxygens (including phenoxy) is 1. The van der Waals surface area contributed by atoms with Gasteiger partial charge in [-0.1, -0.05) is 6.07 Å². The minimum atomic E-state index is -4.40. The van der Waals surface area contributed by atoms with E-state index in [9.17, 15) is 18.0 Å². The fraction of sp³-hybridized carbons (Fsp3) is 0.250. The van der Waals surface area contributed by atoms with Crippen LogP contribution in [0.1, 0.15) is 34.2 Å². The summed E-state index contributed by atoms with van der Waals surface area (Å²) >= 11 is 0. The van der Waals surface area contributed by atoms with Gasteiger partial charge < -0.3 is 14.6 Å². The first kappa shape index (κ1) is 26.5.